The minimum Gasteiger partial charge on any atom is -0.455 e. The second-order valence-electron chi connectivity index (χ2n) is 32.6. The smallest absolute Gasteiger partial charge is 0.145 e. The Labute approximate surface area is 738 Å². The van der Waals surface area contributed by atoms with Crippen LogP contribution in [0.2, 0.25) is 0 Å². The quantitative estimate of drug-likeness (QED) is 0.103. The summed E-state index contributed by atoms with van der Waals surface area (Å²) in [4.78, 5) is 4.71. The summed E-state index contributed by atoms with van der Waals surface area (Å²) in [6.45, 7) is 0. The first-order chi connectivity index (χ1) is 63.0. The van der Waals surface area contributed by atoms with Crippen LogP contribution in [0.15, 0.2) is 482 Å². The zero-order valence-electron chi connectivity index (χ0n) is 69.0. The van der Waals surface area contributed by atoms with Crippen LogP contribution in [0.5, 0.6) is 0 Å². The van der Waals surface area contributed by atoms with E-state index in [2.05, 4.69) is 492 Å². The molecule has 5 heterocycles. The van der Waals surface area contributed by atoms with Crippen molar-refractivity contribution in [3.63, 3.8) is 0 Å². The number of aromatic nitrogens is 2. The molecular weight excluding hydrogens is 1560 g/mol. The van der Waals surface area contributed by atoms with Crippen LogP contribution >= 0.6 is 11.3 Å². The third-order valence-electron chi connectivity index (χ3n) is 25.2. The highest BCUT2D eigenvalue weighted by Crippen LogP contribution is 2.51. The molecule has 6 nitrogen and oxygen atoms in total. The maximum absolute atomic E-state index is 6.92. The molecule has 0 N–H and O–H groups in total. The van der Waals surface area contributed by atoms with Gasteiger partial charge in [0.1, 0.15) is 22.3 Å². The number of benzene rings is 20. The number of fused-ring (bicyclic) bond motifs is 17. The van der Waals surface area contributed by atoms with Crippen molar-refractivity contribution in [1.29, 1.82) is 0 Å². The first kappa shape index (κ1) is 74.3. The molecule has 0 unspecified atom stereocenters. The Morgan fingerprint density at radius 2 is 0.496 bits per heavy atom. The topological polar surface area (TPSA) is 42.6 Å². The lowest BCUT2D eigenvalue weighted by molar-refractivity contribution is 0.670. The molecule has 25 aromatic rings. The van der Waals surface area contributed by atoms with Gasteiger partial charge in [0.05, 0.1) is 32.8 Å². The Bertz CT molecular complexity index is 8350. The van der Waals surface area contributed by atoms with E-state index in [0.29, 0.717) is 0 Å². The van der Waals surface area contributed by atoms with Gasteiger partial charge < -0.3 is 27.8 Å². The summed E-state index contributed by atoms with van der Waals surface area (Å²) in [6, 6.07) is 170. The van der Waals surface area contributed by atoms with Gasteiger partial charge in [-0.25, -0.2) is 0 Å². The number of thiophene rings is 1. The minimum atomic E-state index is 0.872. The van der Waals surface area contributed by atoms with Crippen molar-refractivity contribution < 1.29 is 8.83 Å². The molecule has 7 heteroatoms. The van der Waals surface area contributed by atoms with Crippen LogP contribution in [-0.4, -0.2) is 9.13 Å². The molecule has 0 radical (unpaired) electrons. The average Bonchev–Trinajstić information content (AvgIpc) is 1.55. The Kier molecular flexibility index (Phi) is 18.4. The molecule has 0 amide bonds. The van der Waals surface area contributed by atoms with Gasteiger partial charge in [0.25, 0.3) is 0 Å². The fourth-order valence-corrected chi connectivity index (χ4v) is 20.2. The highest BCUT2D eigenvalue weighted by molar-refractivity contribution is 7.25. The maximum Gasteiger partial charge on any atom is 0.145 e. The number of para-hydroxylation sites is 4. The Hall–Kier alpha value is -16.6. The van der Waals surface area contributed by atoms with Crippen LogP contribution in [0.4, 0.5) is 34.1 Å². The lowest BCUT2D eigenvalue weighted by atomic mass is 9.98. The van der Waals surface area contributed by atoms with E-state index in [1.165, 1.54) is 97.4 Å². The SMILES string of the molecule is c1ccc(-c2ccc(N(c3ccc(-c4cc5c6ccccc6n(-c6ccc(-c7ccccc7)cc6)c5c5c4oc4ccccc45)cc3)c3ccc4sc5ccccc5c4c3)cc2)cc1.c1ccc(-c2ccc(N(c3ccc(-c4ccccc4)cc3)c3ccc(-c4cc5c6ccccc6n(-c6cccc(-c7ccccc7)c6)c5c5c4oc4ccccc45)cc3)cc2)cc1. The first-order valence-electron chi connectivity index (χ1n) is 43.2. The largest absolute Gasteiger partial charge is 0.455 e. The molecule has 25 rings (SSSR count). The third kappa shape index (κ3) is 13.2. The van der Waals surface area contributed by atoms with Gasteiger partial charge >= 0.3 is 0 Å². The van der Waals surface area contributed by atoms with E-state index in [9.17, 15) is 0 Å². The molecule has 0 fully saturated rings. The fourth-order valence-electron chi connectivity index (χ4n) is 19.2. The summed E-state index contributed by atoms with van der Waals surface area (Å²) in [7, 11) is 0. The average molecular weight is 1640 g/mol. The first-order valence-corrected chi connectivity index (χ1v) is 44.1. The molecule has 0 aliphatic carbocycles. The number of nitrogens with zero attached hydrogens (tertiary/aromatic N) is 4. The number of hydrogen-bond donors (Lipinski definition) is 0. The van der Waals surface area contributed by atoms with Crippen molar-refractivity contribution in [2.24, 2.45) is 0 Å². The van der Waals surface area contributed by atoms with Crippen molar-refractivity contribution in [3.8, 4) is 89.3 Å². The normalized spacial score (nSPS) is 11.6. The van der Waals surface area contributed by atoms with Gasteiger partial charge in [0, 0.05) is 109 Å². The van der Waals surface area contributed by atoms with Crippen molar-refractivity contribution in [2.75, 3.05) is 9.80 Å². The summed E-state index contributed by atoms with van der Waals surface area (Å²) < 4.78 is 21.3. The van der Waals surface area contributed by atoms with Crippen LogP contribution in [0.3, 0.4) is 0 Å². The zero-order valence-corrected chi connectivity index (χ0v) is 69.9. The van der Waals surface area contributed by atoms with Crippen LogP contribution < -0.4 is 9.80 Å². The van der Waals surface area contributed by atoms with Crippen molar-refractivity contribution in [3.05, 3.63) is 473 Å². The highest BCUT2D eigenvalue weighted by atomic mass is 32.1. The van der Waals surface area contributed by atoms with Crippen LogP contribution in [0.25, 0.3) is 197 Å². The molecule has 0 bridgehead atoms. The lowest BCUT2D eigenvalue weighted by Gasteiger charge is -2.26. The molecule has 20 aromatic carbocycles. The van der Waals surface area contributed by atoms with Crippen LogP contribution in [0, 0.1) is 0 Å². The molecule has 0 spiro atoms. The third-order valence-corrected chi connectivity index (χ3v) is 26.3. The molecule has 596 valence electrons. The van der Waals surface area contributed by atoms with Crippen LogP contribution in [0.1, 0.15) is 0 Å². The molecule has 0 aliphatic rings. The van der Waals surface area contributed by atoms with Gasteiger partial charge in [-0.15, -0.1) is 11.3 Å². The Morgan fingerprint density at radius 1 is 0.189 bits per heavy atom. The molecule has 0 saturated heterocycles. The van der Waals surface area contributed by atoms with E-state index in [4.69, 9.17) is 8.83 Å². The summed E-state index contributed by atoms with van der Waals surface area (Å²) in [5, 5.41) is 11.8. The number of furan rings is 2. The predicted octanol–water partition coefficient (Wildman–Crippen LogP) is 34.3. The van der Waals surface area contributed by atoms with E-state index in [1.807, 2.05) is 11.3 Å². The highest BCUT2D eigenvalue weighted by Gasteiger charge is 2.27. The zero-order chi connectivity index (χ0) is 83.8. The van der Waals surface area contributed by atoms with Crippen molar-refractivity contribution >= 4 is 153 Å². The van der Waals surface area contributed by atoms with Gasteiger partial charge in [-0.1, -0.05) is 328 Å². The van der Waals surface area contributed by atoms with Gasteiger partial charge in [0.2, 0.25) is 0 Å². The molecule has 0 atom stereocenters. The molecule has 5 aromatic heterocycles. The van der Waals surface area contributed by atoms with Crippen molar-refractivity contribution in [2.45, 2.75) is 0 Å². The van der Waals surface area contributed by atoms with Crippen molar-refractivity contribution in [1.82, 2.24) is 9.13 Å². The summed E-state index contributed by atoms with van der Waals surface area (Å²) in [6.07, 6.45) is 0. The van der Waals surface area contributed by atoms with Crippen LogP contribution in [-0.2, 0) is 0 Å². The summed E-state index contributed by atoms with van der Waals surface area (Å²) >= 11 is 1.85. The number of anilines is 6. The second kappa shape index (κ2) is 31.4. The molecule has 0 aliphatic heterocycles. The van der Waals surface area contributed by atoms with Gasteiger partial charge in [-0.2, -0.15) is 0 Å². The monoisotopic (exact) mass is 1640 g/mol. The van der Waals surface area contributed by atoms with E-state index < -0.39 is 0 Å². The van der Waals surface area contributed by atoms with E-state index in [0.717, 1.165) is 134 Å². The Morgan fingerprint density at radius 3 is 0.921 bits per heavy atom. The molecule has 0 saturated carbocycles. The lowest BCUT2D eigenvalue weighted by Crippen LogP contribution is -2.09. The van der Waals surface area contributed by atoms with E-state index >= 15 is 0 Å². The van der Waals surface area contributed by atoms with Gasteiger partial charge in [-0.3, -0.25) is 0 Å². The second-order valence-corrected chi connectivity index (χ2v) is 33.6. The number of hydrogen-bond acceptors (Lipinski definition) is 5. The maximum atomic E-state index is 6.92. The van der Waals surface area contributed by atoms with E-state index in [-0.39, 0.29) is 0 Å². The summed E-state index contributed by atoms with van der Waals surface area (Å²) in [5.74, 6) is 0. The van der Waals surface area contributed by atoms with Gasteiger partial charge in [-0.05, 0) is 212 Å². The fraction of sp³-hybridized carbons (Fsp3) is 0. The Balaban J connectivity index is 0.000000142. The number of rotatable bonds is 15. The predicted molar refractivity (Wildman–Crippen MR) is 536 cm³/mol. The van der Waals surface area contributed by atoms with E-state index in [1.54, 1.807) is 0 Å². The summed E-state index contributed by atoms with van der Waals surface area (Å²) in [5.41, 5.74) is 33.1. The minimum absolute atomic E-state index is 0.872. The standard InChI is InChI=1S/C60H38N2OS.C60H40N2O/c1-3-13-39(14-4-1)41-23-29-44(30-24-41)61(47-35-36-57-52(37-47)49-18-9-12-22-56(49)64-57)45-33-27-43(28-34-45)51-38-53-48-17-7-10-20-54(48)62(46-31-25-42(26-32-46)40-15-5-2-6-16-40)59(53)58-50-19-8-11-21-55(50)63-60(51)58;1-4-15-41(16-5-1)44-27-33-48(34-28-44)61(49-35-29-45(30-36-49)42-17-6-2-7-18-42)50-37-31-46(32-38-50)54-40-55-52-23-10-12-25-56(52)62(51-22-14-21-47(39-51)43-19-8-3-9-20-43)59(55)58-53-24-11-13-26-57(53)63-60(54)58/h1-38H;1-40H. The molecule has 127 heavy (non-hydrogen) atoms. The molecular formula is C120H78N4O2S. The van der Waals surface area contributed by atoms with Gasteiger partial charge in [0.15, 0.2) is 0 Å².